The molecule has 2 rings (SSSR count). The molecule has 118 valence electrons. The molecule has 22 heavy (non-hydrogen) atoms. The van der Waals surface area contributed by atoms with E-state index in [1.54, 1.807) is 18.9 Å². The highest BCUT2D eigenvalue weighted by molar-refractivity contribution is 7.99. The molecule has 1 unspecified atom stereocenters. The number of benzene rings is 2. The van der Waals surface area contributed by atoms with E-state index in [0.717, 1.165) is 15.5 Å². The molecule has 2 aromatic carbocycles. The lowest BCUT2D eigenvalue weighted by Gasteiger charge is -2.21. The average Bonchev–Trinajstić information content (AvgIpc) is 2.51. The Morgan fingerprint density at radius 1 is 1.05 bits per heavy atom. The average molecular weight is 335 g/mol. The van der Waals surface area contributed by atoms with Gasteiger partial charge < -0.3 is 4.74 Å². The van der Waals surface area contributed by atoms with E-state index in [1.165, 1.54) is 5.56 Å². The van der Waals surface area contributed by atoms with E-state index in [4.69, 9.17) is 4.74 Å². The summed E-state index contributed by atoms with van der Waals surface area (Å²) in [7, 11) is 0.502. The molecular weight excluding hydrogens is 312 g/mol. The van der Waals surface area contributed by atoms with Gasteiger partial charge in [-0.1, -0.05) is 36.4 Å². The van der Waals surface area contributed by atoms with Crippen molar-refractivity contribution in [3.05, 3.63) is 54.1 Å². The molecule has 0 saturated carbocycles. The number of hydrogen-bond acceptors (Lipinski definition) is 3. The molecule has 0 aliphatic heterocycles. The Bertz CT molecular complexity index is 646. The highest BCUT2D eigenvalue weighted by Crippen LogP contribution is 2.37. The zero-order chi connectivity index (χ0) is 16.2. The normalized spacial score (nSPS) is 12.9. The van der Waals surface area contributed by atoms with Crippen molar-refractivity contribution in [2.24, 2.45) is 0 Å². The van der Waals surface area contributed by atoms with Gasteiger partial charge in [0.1, 0.15) is 5.75 Å². The van der Waals surface area contributed by atoms with Crippen LogP contribution >= 0.6 is 11.8 Å². The van der Waals surface area contributed by atoms with Crippen LogP contribution in [0.3, 0.4) is 0 Å². The Morgan fingerprint density at radius 2 is 1.73 bits per heavy atom. The summed E-state index contributed by atoms with van der Waals surface area (Å²) in [4.78, 5) is 1.83. The first kappa shape index (κ1) is 17.1. The lowest BCUT2D eigenvalue weighted by atomic mass is 10.2. The molecule has 0 fully saturated rings. The summed E-state index contributed by atoms with van der Waals surface area (Å²) in [6.45, 7) is 5.96. The minimum atomic E-state index is -1.13. The van der Waals surface area contributed by atoms with Gasteiger partial charge in [0.2, 0.25) is 0 Å². The first-order valence-electron chi connectivity index (χ1n) is 7.19. The van der Waals surface area contributed by atoms with Crippen molar-refractivity contribution in [2.45, 2.75) is 41.1 Å². The minimum Gasteiger partial charge on any atom is -0.495 e. The zero-order valence-electron chi connectivity index (χ0n) is 13.5. The summed E-state index contributed by atoms with van der Waals surface area (Å²) in [6, 6.07) is 16.2. The van der Waals surface area contributed by atoms with Crippen LogP contribution in [0.5, 0.6) is 5.75 Å². The predicted octanol–water partition coefficient (Wildman–Crippen LogP) is 4.89. The van der Waals surface area contributed by atoms with Gasteiger partial charge in [-0.25, -0.2) is 0 Å². The van der Waals surface area contributed by atoms with Gasteiger partial charge in [-0.3, -0.25) is 4.21 Å². The molecule has 0 bridgehead atoms. The van der Waals surface area contributed by atoms with Crippen molar-refractivity contribution in [1.82, 2.24) is 0 Å². The molecule has 0 radical (unpaired) electrons. The van der Waals surface area contributed by atoms with Crippen LogP contribution in [0.15, 0.2) is 58.3 Å². The summed E-state index contributed by atoms with van der Waals surface area (Å²) in [5.74, 6) is 1.55. The first-order chi connectivity index (χ1) is 10.4. The van der Waals surface area contributed by atoms with Crippen molar-refractivity contribution in [3.63, 3.8) is 0 Å². The summed E-state index contributed by atoms with van der Waals surface area (Å²) >= 11 is 1.70. The van der Waals surface area contributed by atoms with Crippen molar-refractivity contribution in [2.75, 3.05) is 7.11 Å². The van der Waals surface area contributed by atoms with Crippen molar-refractivity contribution in [1.29, 1.82) is 0 Å². The van der Waals surface area contributed by atoms with Gasteiger partial charge in [0.05, 0.1) is 22.8 Å². The summed E-state index contributed by atoms with van der Waals surface area (Å²) in [6.07, 6.45) is 0. The quantitative estimate of drug-likeness (QED) is 0.728. The third-order valence-corrected chi connectivity index (χ3v) is 6.30. The molecule has 2 aromatic rings. The van der Waals surface area contributed by atoms with Gasteiger partial charge in [0.15, 0.2) is 0 Å². The second-order valence-corrected chi connectivity index (χ2v) is 9.13. The fraction of sp³-hybridized carbons (Fsp3) is 0.333. The Balaban J connectivity index is 2.33. The SMILES string of the molecule is COc1cccc(SCc2ccccc2)c1S(=O)C(C)(C)C. The van der Waals surface area contributed by atoms with Crippen LogP contribution in [0, 0.1) is 0 Å². The highest BCUT2D eigenvalue weighted by Gasteiger charge is 2.26. The van der Waals surface area contributed by atoms with E-state index in [1.807, 2.05) is 57.2 Å². The molecule has 0 aliphatic rings. The second-order valence-electron chi connectivity index (χ2n) is 5.94. The van der Waals surface area contributed by atoms with Crippen LogP contribution in [0.4, 0.5) is 0 Å². The van der Waals surface area contributed by atoms with E-state index in [-0.39, 0.29) is 4.75 Å². The third kappa shape index (κ3) is 4.14. The molecular formula is C18H22O2S2. The van der Waals surface area contributed by atoms with Crippen LogP contribution in [-0.2, 0) is 16.6 Å². The van der Waals surface area contributed by atoms with Gasteiger partial charge in [-0.05, 0) is 38.5 Å². The zero-order valence-corrected chi connectivity index (χ0v) is 15.1. The van der Waals surface area contributed by atoms with Crippen molar-refractivity contribution >= 4 is 22.6 Å². The van der Waals surface area contributed by atoms with E-state index in [2.05, 4.69) is 12.1 Å². The van der Waals surface area contributed by atoms with Crippen molar-refractivity contribution in [3.8, 4) is 5.75 Å². The number of rotatable bonds is 5. The first-order valence-corrected chi connectivity index (χ1v) is 9.32. The monoisotopic (exact) mass is 334 g/mol. The van der Waals surface area contributed by atoms with E-state index >= 15 is 0 Å². The Hall–Kier alpha value is -1.26. The van der Waals surface area contributed by atoms with Crippen LogP contribution in [0.2, 0.25) is 0 Å². The Kier molecular flexibility index (Phi) is 5.70. The third-order valence-electron chi connectivity index (χ3n) is 3.14. The van der Waals surface area contributed by atoms with Gasteiger partial charge >= 0.3 is 0 Å². The molecule has 0 N–H and O–H groups in total. The molecule has 0 saturated heterocycles. The largest absolute Gasteiger partial charge is 0.495 e. The molecule has 1 atom stereocenters. The maximum Gasteiger partial charge on any atom is 0.136 e. The van der Waals surface area contributed by atoms with E-state index < -0.39 is 10.8 Å². The van der Waals surface area contributed by atoms with E-state index in [0.29, 0.717) is 5.75 Å². The molecule has 2 nitrogen and oxygen atoms in total. The Morgan fingerprint density at radius 3 is 2.32 bits per heavy atom. The van der Waals surface area contributed by atoms with Crippen LogP contribution in [0.25, 0.3) is 0 Å². The highest BCUT2D eigenvalue weighted by atomic mass is 32.2. The van der Waals surface area contributed by atoms with Gasteiger partial charge in [-0.15, -0.1) is 11.8 Å². The summed E-state index contributed by atoms with van der Waals surface area (Å²) < 4.78 is 18.0. The maximum atomic E-state index is 12.9. The van der Waals surface area contributed by atoms with E-state index in [9.17, 15) is 4.21 Å². The topological polar surface area (TPSA) is 26.3 Å². The number of methoxy groups -OCH3 is 1. The molecule has 0 aliphatic carbocycles. The molecule has 0 aromatic heterocycles. The fourth-order valence-electron chi connectivity index (χ4n) is 1.99. The smallest absolute Gasteiger partial charge is 0.136 e. The Labute approximate surface area is 139 Å². The number of hydrogen-bond donors (Lipinski definition) is 0. The lowest BCUT2D eigenvalue weighted by Crippen LogP contribution is -2.22. The minimum absolute atomic E-state index is 0.323. The van der Waals surface area contributed by atoms with Crippen LogP contribution in [0.1, 0.15) is 26.3 Å². The van der Waals surface area contributed by atoms with Crippen LogP contribution < -0.4 is 4.74 Å². The molecule has 4 heteroatoms. The number of ether oxygens (including phenoxy) is 1. The lowest BCUT2D eigenvalue weighted by molar-refractivity contribution is 0.401. The molecule has 0 heterocycles. The fourth-order valence-corrected chi connectivity index (χ4v) is 4.52. The molecule has 0 amide bonds. The van der Waals surface area contributed by atoms with Gasteiger partial charge in [-0.2, -0.15) is 0 Å². The second kappa shape index (κ2) is 7.34. The van der Waals surface area contributed by atoms with Crippen molar-refractivity contribution < 1.29 is 8.95 Å². The standard InChI is InChI=1S/C18H22O2S2/c1-18(2,3)22(19)17-15(20-4)11-8-12-16(17)21-13-14-9-6-5-7-10-14/h5-12H,13H2,1-4H3. The van der Waals surface area contributed by atoms with Crippen LogP contribution in [-0.4, -0.2) is 16.1 Å². The predicted molar refractivity (Wildman–Crippen MR) is 95.2 cm³/mol. The summed E-state index contributed by atoms with van der Waals surface area (Å²) in [5.41, 5.74) is 1.25. The summed E-state index contributed by atoms with van der Waals surface area (Å²) in [5, 5.41) is 0. The molecule has 0 spiro atoms. The van der Waals surface area contributed by atoms with Gasteiger partial charge in [0.25, 0.3) is 0 Å². The maximum absolute atomic E-state index is 12.9. The van der Waals surface area contributed by atoms with Gasteiger partial charge in [0, 0.05) is 15.4 Å². The number of thioether (sulfide) groups is 1.